The Bertz CT molecular complexity index is 850. The predicted molar refractivity (Wildman–Crippen MR) is 78.2 cm³/mol. The molecule has 0 aliphatic heterocycles. The van der Waals surface area contributed by atoms with Gasteiger partial charge in [0.15, 0.2) is 0 Å². The van der Waals surface area contributed by atoms with E-state index in [1.165, 1.54) is 11.8 Å². The molecule has 0 atom stereocenters. The average molecular weight is 313 g/mol. The molecule has 0 unspecified atom stereocenters. The van der Waals surface area contributed by atoms with Crippen LogP contribution in [0.4, 0.5) is 0 Å². The second-order valence-electron chi connectivity index (χ2n) is 4.55. The molecule has 0 fully saturated rings. The zero-order valence-electron chi connectivity index (χ0n) is 11.4. The number of imidazole rings is 1. The van der Waals surface area contributed by atoms with Crippen molar-refractivity contribution in [3.8, 4) is 0 Å². The van der Waals surface area contributed by atoms with Crippen molar-refractivity contribution in [2.45, 2.75) is 17.5 Å². The summed E-state index contributed by atoms with van der Waals surface area (Å²) in [4.78, 5) is 8.65. The molecule has 0 aromatic carbocycles. The molecule has 0 amide bonds. The summed E-state index contributed by atoms with van der Waals surface area (Å²) in [5, 5.41) is 12.5. The molecular weight excluding hydrogens is 302 g/mol. The Morgan fingerprint density at radius 2 is 2.27 bits per heavy atom. The number of furan rings is 1. The Balaban J connectivity index is 1.48. The van der Waals surface area contributed by atoms with E-state index in [1.54, 1.807) is 17.1 Å². The van der Waals surface area contributed by atoms with Crippen molar-refractivity contribution < 1.29 is 4.42 Å². The van der Waals surface area contributed by atoms with Gasteiger partial charge < -0.3 is 4.42 Å². The van der Waals surface area contributed by atoms with Gasteiger partial charge in [0.2, 0.25) is 10.9 Å². The molecule has 4 aromatic rings. The third-order valence-corrected chi connectivity index (χ3v) is 4.01. The molecule has 0 aliphatic carbocycles. The molecule has 8 nitrogen and oxygen atoms in total. The summed E-state index contributed by atoms with van der Waals surface area (Å²) >= 11 is 1.53. The van der Waals surface area contributed by atoms with Crippen molar-refractivity contribution in [1.82, 2.24) is 34.6 Å². The smallest absolute Gasteiger partial charge is 0.233 e. The second kappa shape index (κ2) is 5.60. The van der Waals surface area contributed by atoms with Crippen LogP contribution >= 0.6 is 11.8 Å². The van der Waals surface area contributed by atoms with Crippen molar-refractivity contribution in [3.05, 3.63) is 54.5 Å². The summed E-state index contributed by atoms with van der Waals surface area (Å²) in [6.45, 7) is 0.509. The van der Waals surface area contributed by atoms with E-state index in [0.29, 0.717) is 18.1 Å². The van der Waals surface area contributed by atoms with Crippen LogP contribution in [0.25, 0.3) is 5.78 Å². The fraction of sp³-hybridized carbons (Fsp3) is 0.154. The van der Waals surface area contributed by atoms with Crippen LogP contribution in [-0.2, 0) is 12.3 Å². The number of thioether (sulfide) groups is 1. The van der Waals surface area contributed by atoms with Gasteiger partial charge in [-0.1, -0.05) is 11.8 Å². The lowest BCUT2D eigenvalue weighted by Crippen LogP contribution is -2.03. The number of tetrazole rings is 1. The number of nitrogens with zero attached hydrogens (tertiary/aromatic N) is 7. The van der Waals surface area contributed by atoms with E-state index in [-0.39, 0.29) is 0 Å². The summed E-state index contributed by atoms with van der Waals surface area (Å²) in [6.07, 6.45) is 7.24. The topological polar surface area (TPSA) is 86.9 Å². The molecule has 110 valence electrons. The minimum absolute atomic E-state index is 0.509. The molecular formula is C13H11N7OS. The van der Waals surface area contributed by atoms with Gasteiger partial charge in [0.05, 0.1) is 12.0 Å². The first-order chi connectivity index (χ1) is 10.9. The molecule has 22 heavy (non-hydrogen) atoms. The Labute approximate surface area is 129 Å². The predicted octanol–water partition coefficient (Wildman–Crippen LogP) is 1.65. The van der Waals surface area contributed by atoms with Crippen molar-refractivity contribution >= 4 is 17.5 Å². The monoisotopic (exact) mass is 313 g/mol. The maximum atomic E-state index is 5.31. The Morgan fingerprint density at radius 3 is 3.14 bits per heavy atom. The van der Waals surface area contributed by atoms with E-state index in [2.05, 4.69) is 25.5 Å². The lowest BCUT2D eigenvalue weighted by atomic mass is 10.4. The molecule has 0 radical (unpaired) electrons. The van der Waals surface area contributed by atoms with Gasteiger partial charge in [-0.05, 0) is 28.6 Å². The van der Waals surface area contributed by atoms with Crippen LogP contribution < -0.4 is 0 Å². The van der Waals surface area contributed by atoms with Crippen LogP contribution in [-0.4, -0.2) is 34.6 Å². The van der Waals surface area contributed by atoms with Gasteiger partial charge in [-0.15, -0.1) is 5.10 Å². The fourth-order valence-electron chi connectivity index (χ4n) is 2.04. The molecule has 0 N–H and O–H groups in total. The van der Waals surface area contributed by atoms with Crippen molar-refractivity contribution in [3.63, 3.8) is 0 Å². The number of aromatic nitrogens is 7. The molecule has 0 saturated heterocycles. The highest BCUT2D eigenvalue weighted by atomic mass is 32.2. The molecule has 9 heteroatoms. The van der Waals surface area contributed by atoms with Gasteiger partial charge in [0, 0.05) is 24.3 Å². The third-order valence-electron chi connectivity index (χ3n) is 3.02. The molecule has 0 spiro atoms. The van der Waals surface area contributed by atoms with Crippen molar-refractivity contribution in [2.24, 2.45) is 0 Å². The van der Waals surface area contributed by atoms with E-state index in [4.69, 9.17) is 4.42 Å². The van der Waals surface area contributed by atoms with Gasteiger partial charge in [0.1, 0.15) is 12.3 Å². The first kappa shape index (κ1) is 13.0. The standard InChI is InChI=1S/C13H11N7OS/c1-3-11(21-6-1)8-20-13(16-17-18-20)22-9-10-7-19-5-2-4-14-12(19)15-10/h1-7H,8-9H2. The van der Waals surface area contributed by atoms with Crippen LogP contribution in [0, 0.1) is 0 Å². The lowest BCUT2D eigenvalue weighted by Gasteiger charge is -2.00. The summed E-state index contributed by atoms with van der Waals surface area (Å²) in [6, 6.07) is 5.61. The van der Waals surface area contributed by atoms with Crippen LogP contribution in [0.15, 0.2) is 52.6 Å². The molecule has 4 aromatic heterocycles. The summed E-state index contributed by atoms with van der Waals surface area (Å²) in [7, 11) is 0. The van der Waals surface area contributed by atoms with Crippen molar-refractivity contribution in [2.75, 3.05) is 0 Å². The zero-order chi connectivity index (χ0) is 14.8. The van der Waals surface area contributed by atoms with Gasteiger partial charge in [-0.3, -0.25) is 4.40 Å². The molecule has 4 rings (SSSR count). The van der Waals surface area contributed by atoms with Crippen LogP contribution in [0.3, 0.4) is 0 Å². The van der Waals surface area contributed by atoms with Gasteiger partial charge in [-0.25, -0.2) is 14.6 Å². The number of hydrogen-bond acceptors (Lipinski definition) is 7. The second-order valence-corrected chi connectivity index (χ2v) is 5.49. The number of hydrogen-bond donors (Lipinski definition) is 0. The summed E-state index contributed by atoms with van der Waals surface area (Å²) in [5.41, 5.74) is 0.927. The summed E-state index contributed by atoms with van der Waals surface area (Å²) in [5.74, 6) is 2.17. The lowest BCUT2D eigenvalue weighted by molar-refractivity contribution is 0.462. The number of rotatable bonds is 5. The van der Waals surface area contributed by atoms with Crippen LogP contribution in [0.5, 0.6) is 0 Å². The minimum atomic E-state index is 0.509. The van der Waals surface area contributed by atoms with E-state index in [9.17, 15) is 0 Å². The average Bonchev–Trinajstić information content (AvgIpc) is 3.26. The Morgan fingerprint density at radius 1 is 1.27 bits per heavy atom. The van der Waals surface area contributed by atoms with Crippen LogP contribution in [0.2, 0.25) is 0 Å². The highest BCUT2D eigenvalue weighted by Gasteiger charge is 2.10. The van der Waals surface area contributed by atoms with Crippen molar-refractivity contribution in [1.29, 1.82) is 0 Å². The Hall–Kier alpha value is -2.68. The molecule has 0 bridgehead atoms. The van der Waals surface area contributed by atoms with E-state index in [1.807, 2.05) is 35.0 Å². The van der Waals surface area contributed by atoms with Crippen LogP contribution in [0.1, 0.15) is 11.5 Å². The maximum Gasteiger partial charge on any atom is 0.233 e. The summed E-state index contributed by atoms with van der Waals surface area (Å²) < 4.78 is 8.91. The maximum absolute atomic E-state index is 5.31. The molecule has 4 heterocycles. The Kier molecular flexibility index (Phi) is 3.31. The normalized spacial score (nSPS) is 11.3. The first-order valence-corrected chi connectivity index (χ1v) is 7.57. The SMILES string of the molecule is c1coc(Cn2nnnc2SCc2cn3cccnc3n2)c1. The fourth-order valence-corrected chi connectivity index (χ4v) is 2.80. The van der Waals surface area contributed by atoms with Gasteiger partial charge in [-0.2, -0.15) is 0 Å². The van der Waals surface area contributed by atoms with E-state index in [0.717, 1.165) is 16.6 Å². The quantitative estimate of drug-likeness (QED) is 0.518. The highest BCUT2D eigenvalue weighted by Crippen LogP contribution is 2.20. The first-order valence-electron chi connectivity index (χ1n) is 6.58. The number of fused-ring (bicyclic) bond motifs is 1. The van der Waals surface area contributed by atoms with E-state index < -0.39 is 0 Å². The molecule has 0 aliphatic rings. The highest BCUT2D eigenvalue weighted by molar-refractivity contribution is 7.98. The largest absolute Gasteiger partial charge is 0.467 e. The minimum Gasteiger partial charge on any atom is -0.467 e. The van der Waals surface area contributed by atoms with Gasteiger partial charge >= 0.3 is 0 Å². The third kappa shape index (κ3) is 2.58. The molecule has 0 saturated carbocycles. The van der Waals surface area contributed by atoms with Gasteiger partial charge in [0.25, 0.3) is 0 Å². The zero-order valence-corrected chi connectivity index (χ0v) is 12.2. The van der Waals surface area contributed by atoms with E-state index >= 15 is 0 Å².